The highest BCUT2D eigenvalue weighted by molar-refractivity contribution is 5.70. The number of nitrogens with zero attached hydrogens (tertiary/aromatic N) is 4. The van der Waals surface area contributed by atoms with E-state index in [2.05, 4.69) is 32.0 Å². The number of hydrogen-bond donors (Lipinski definition) is 1. The quantitative estimate of drug-likeness (QED) is 0.205. The highest BCUT2D eigenvalue weighted by atomic mass is 19.4. The Kier molecular flexibility index (Phi) is 14.8. The molecule has 0 aromatic carbocycles. The van der Waals surface area contributed by atoms with E-state index in [4.69, 9.17) is 4.74 Å². The van der Waals surface area contributed by atoms with E-state index in [9.17, 15) is 26.3 Å². The number of methoxy groups -OCH3 is 1. The molecule has 40 heavy (non-hydrogen) atoms. The second kappa shape index (κ2) is 17.2. The number of nitrogens with one attached hydrogen (secondary N) is 1. The maximum Gasteiger partial charge on any atom is 0.416 e. The van der Waals surface area contributed by atoms with Crippen LogP contribution < -0.4 is 5.32 Å². The molecule has 1 aromatic heterocycles. The average molecular weight is 572 g/mol. The van der Waals surface area contributed by atoms with Crippen molar-refractivity contribution in [2.24, 2.45) is 15.9 Å². The van der Waals surface area contributed by atoms with Crippen LogP contribution in [0.4, 0.5) is 32.2 Å². The van der Waals surface area contributed by atoms with Crippen LogP contribution in [0.1, 0.15) is 50.9 Å². The number of ether oxygens (including phenoxy) is 1. The van der Waals surface area contributed by atoms with Crippen LogP contribution in [0.5, 0.6) is 0 Å². The first-order valence-electron chi connectivity index (χ1n) is 12.6. The summed E-state index contributed by atoms with van der Waals surface area (Å²) in [5, 5.41) is 3.15. The summed E-state index contributed by atoms with van der Waals surface area (Å²) >= 11 is 0. The van der Waals surface area contributed by atoms with Gasteiger partial charge in [-0.3, -0.25) is 4.99 Å². The highest BCUT2D eigenvalue weighted by Crippen LogP contribution is 2.30. The van der Waals surface area contributed by atoms with E-state index in [1.165, 1.54) is 18.4 Å². The summed E-state index contributed by atoms with van der Waals surface area (Å²) in [6.45, 7) is 9.79. The topological polar surface area (TPSA) is 71.8 Å². The Hall–Kier alpha value is -3.54. The molecule has 2 aliphatic rings. The van der Waals surface area contributed by atoms with Crippen molar-refractivity contribution in [2.45, 2.75) is 58.8 Å². The van der Waals surface area contributed by atoms with Gasteiger partial charge in [-0.1, -0.05) is 38.2 Å². The molecule has 0 bridgehead atoms. The lowest BCUT2D eigenvalue weighted by Crippen LogP contribution is -2.23. The Morgan fingerprint density at radius 2 is 1.90 bits per heavy atom. The molecule has 0 radical (unpaired) electrons. The normalized spacial score (nSPS) is 17.2. The van der Waals surface area contributed by atoms with E-state index in [1.807, 2.05) is 19.9 Å². The predicted molar refractivity (Wildman–Crippen MR) is 147 cm³/mol. The fourth-order valence-electron chi connectivity index (χ4n) is 3.26. The molecular weight excluding hydrogens is 536 g/mol. The van der Waals surface area contributed by atoms with E-state index >= 15 is 0 Å². The third-order valence-electron chi connectivity index (χ3n) is 5.19. The lowest BCUT2D eigenvalue weighted by Gasteiger charge is -2.14. The van der Waals surface area contributed by atoms with Gasteiger partial charge in [0.25, 0.3) is 0 Å². The Morgan fingerprint density at radius 3 is 2.52 bits per heavy atom. The van der Waals surface area contributed by atoms with Crippen LogP contribution in [-0.2, 0) is 4.74 Å². The van der Waals surface area contributed by atoms with Gasteiger partial charge in [-0.15, -0.1) is 0 Å². The van der Waals surface area contributed by atoms with E-state index in [-0.39, 0.29) is 6.42 Å². The van der Waals surface area contributed by atoms with Crippen molar-refractivity contribution in [1.82, 2.24) is 15.3 Å². The first-order chi connectivity index (χ1) is 19.0. The molecule has 12 heteroatoms. The number of alkyl halides is 6. The number of hydrogen-bond acceptors (Lipinski definition) is 6. The summed E-state index contributed by atoms with van der Waals surface area (Å²) in [5.74, 6) is -1.01. The molecule has 1 unspecified atom stereocenters. The molecule has 0 fully saturated rings. The molecule has 3 rings (SSSR count). The lowest BCUT2D eigenvalue weighted by molar-refractivity contribution is -0.155. The van der Waals surface area contributed by atoms with Crippen LogP contribution in [0, 0.1) is 12.8 Å². The SMILES string of the molecule is C=Nc1nc(C)cnc1/C(=C\CCOC)NC1=CC=C(C(F)(F)F)C=CC1.CC.FC(F)(F)C1C=NC=CCC1. The zero-order valence-corrected chi connectivity index (χ0v) is 23.0. The summed E-state index contributed by atoms with van der Waals surface area (Å²) in [6, 6.07) is 0. The zero-order valence-electron chi connectivity index (χ0n) is 23.0. The molecule has 1 aliphatic carbocycles. The lowest BCUT2D eigenvalue weighted by atomic mass is 10.1. The number of aromatic nitrogens is 2. The number of aliphatic imine (C=N–C) groups is 2. The van der Waals surface area contributed by atoms with Gasteiger partial charge < -0.3 is 10.1 Å². The Morgan fingerprint density at radius 1 is 1.18 bits per heavy atom. The molecule has 1 aromatic rings. The fraction of sp³-hybridized carbons (Fsp3) is 0.429. The monoisotopic (exact) mass is 571 g/mol. The fourth-order valence-corrected chi connectivity index (χ4v) is 3.26. The van der Waals surface area contributed by atoms with Gasteiger partial charge in [0.05, 0.1) is 22.9 Å². The Bertz CT molecular complexity index is 1130. The standard InChI is InChI=1S/C19H21F3N4O.C7H8F3N.C2H6/c1-13-12-24-17(18(23-2)25-13)16(8-5-11-27-3)26-15-7-4-6-14(9-10-15)19(20,21)22;8-7(9,10)6-3-1-2-4-11-5-6;1-2/h4,6,8-10,12,26H,2,5,7,11H2,1,3H3;2,4-6H,1,3H2;1-2H3/b16-8+;;. The Balaban J connectivity index is 0.000000512. The van der Waals surface area contributed by atoms with Crippen molar-refractivity contribution in [3.05, 3.63) is 71.5 Å². The smallest absolute Gasteiger partial charge is 0.384 e. The summed E-state index contributed by atoms with van der Waals surface area (Å²) in [6.07, 6.45) is 5.39. The van der Waals surface area contributed by atoms with Crippen molar-refractivity contribution in [3.8, 4) is 0 Å². The van der Waals surface area contributed by atoms with Crippen LogP contribution in [-0.4, -0.2) is 49.0 Å². The van der Waals surface area contributed by atoms with E-state index < -0.39 is 23.8 Å². The van der Waals surface area contributed by atoms with Gasteiger partial charge in [0.2, 0.25) is 0 Å². The van der Waals surface area contributed by atoms with Gasteiger partial charge >= 0.3 is 12.4 Å². The molecule has 6 nitrogen and oxygen atoms in total. The number of halogens is 6. The van der Waals surface area contributed by atoms with Gasteiger partial charge in [0.1, 0.15) is 5.69 Å². The minimum atomic E-state index is -4.39. The molecular formula is C28H35F6N5O. The molecule has 220 valence electrons. The van der Waals surface area contributed by atoms with E-state index in [0.29, 0.717) is 54.5 Å². The van der Waals surface area contributed by atoms with E-state index in [1.54, 1.807) is 26.3 Å². The summed E-state index contributed by atoms with van der Waals surface area (Å²) in [4.78, 5) is 16.1. The first-order valence-corrected chi connectivity index (χ1v) is 12.6. The largest absolute Gasteiger partial charge is 0.416 e. The van der Waals surface area contributed by atoms with Crippen molar-refractivity contribution < 1.29 is 31.1 Å². The first kappa shape index (κ1) is 34.5. The number of allylic oxidation sites excluding steroid dienone is 6. The minimum Gasteiger partial charge on any atom is -0.384 e. The highest BCUT2D eigenvalue weighted by Gasteiger charge is 2.37. The minimum absolute atomic E-state index is 0.115. The van der Waals surface area contributed by atoms with Crippen molar-refractivity contribution in [3.63, 3.8) is 0 Å². The van der Waals surface area contributed by atoms with Crippen molar-refractivity contribution >= 4 is 24.4 Å². The Labute approximate surface area is 231 Å². The molecule has 1 N–H and O–H groups in total. The number of aryl methyl sites for hydroxylation is 1. The average Bonchev–Trinajstić information content (AvgIpc) is 3.33. The summed E-state index contributed by atoms with van der Waals surface area (Å²) in [7, 11) is 1.59. The van der Waals surface area contributed by atoms with Crippen molar-refractivity contribution in [1.29, 1.82) is 0 Å². The zero-order chi connectivity index (χ0) is 30.2. The van der Waals surface area contributed by atoms with Crippen molar-refractivity contribution in [2.75, 3.05) is 13.7 Å². The predicted octanol–water partition coefficient (Wildman–Crippen LogP) is 7.99. The van der Waals surface area contributed by atoms with Crippen LogP contribution in [0.2, 0.25) is 0 Å². The van der Waals surface area contributed by atoms with Gasteiger partial charge in [0, 0.05) is 44.4 Å². The maximum atomic E-state index is 12.9. The molecule has 0 saturated heterocycles. The van der Waals surface area contributed by atoms with Gasteiger partial charge in [0.15, 0.2) is 5.82 Å². The van der Waals surface area contributed by atoms with Gasteiger partial charge in [-0.05, 0) is 45.1 Å². The second-order valence-electron chi connectivity index (χ2n) is 8.19. The van der Waals surface area contributed by atoms with Crippen LogP contribution in [0.3, 0.4) is 0 Å². The molecule has 0 amide bonds. The maximum absolute atomic E-state index is 12.9. The molecule has 0 spiro atoms. The van der Waals surface area contributed by atoms with Crippen LogP contribution in [0.25, 0.3) is 5.70 Å². The van der Waals surface area contributed by atoms with Gasteiger partial charge in [-0.25, -0.2) is 15.0 Å². The molecule has 2 heterocycles. The summed E-state index contributed by atoms with van der Waals surface area (Å²) < 4.78 is 79.7. The third-order valence-corrected chi connectivity index (χ3v) is 5.19. The third kappa shape index (κ3) is 12.1. The van der Waals surface area contributed by atoms with Crippen LogP contribution in [0.15, 0.2) is 70.1 Å². The number of rotatable bonds is 7. The van der Waals surface area contributed by atoms with E-state index in [0.717, 1.165) is 18.4 Å². The second-order valence-corrected chi connectivity index (χ2v) is 8.19. The van der Waals surface area contributed by atoms with Crippen LogP contribution >= 0.6 is 0 Å². The summed E-state index contributed by atoms with van der Waals surface area (Å²) in [5.41, 5.74) is 1.64. The molecule has 1 atom stereocenters. The molecule has 1 aliphatic heterocycles. The molecule has 0 saturated carbocycles. The van der Waals surface area contributed by atoms with Gasteiger partial charge in [-0.2, -0.15) is 26.3 Å².